The van der Waals surface area contributed by atoms with E-state index in [1.165, 1.54) is 12.0 Å². The van der Waals surface area contributed by atoms with Crippen LogP contribution < -0.4 is 5.84 Å². The maximum absolute atomic E-state index is 6.03. The summed E-state index contributed by atoms with van der Waals surface area (Å²) in [5, 5.41) is 9.08. The zero-order valence-electron chi connectivity index (χ0n) is 10.8. The minimum absolute atomic E-state index is 0.717. The van der Waals surface area contributed by atoms with E-state index in [1.54, 1.807) is 16.4 Å². The van der Waals surface area contributed by atoms with Crippen LogP contribution >= 0.6 is 11.8 Å². The van der Waals surface area contributed by atoms with Gasteiger partial charge in [-0.2, -0.15) is 0 Å². The van der Waals surface area contributed by atoms with Crippen molar-refractivity contribution in [3.8, 4) is 11.4 Å². The average Bonchev–Trinajstić information content (AvgIpc) is 2.73. The Morgan fingerprint density at radius 3 is 2.61 bits per heavy atom. The summed E-state index contributed by atoms with van der Waals surface area (Å²) in [5.74, 6) is 7.77. The molecule has 0 aliphatic rings. The quantitative estimate of drug-likeness (QED) is 0.511. The third kappa shape index (κ3) is 2.85. The van der Waals surface area contributed by atoms with Crippen molar-refractivity contribution in [2.24, 2.45) is 0 Å². The highest BCUT2D eigenvalue weighted by atomic mass is 32.2. The lowest BCUT2D eigenvalue weighted by Gasteiger charge is -2.03. The van der Waals surface area contributed by atoms with Crippen molar-refractivity contribution in [3.63, 3.8) is 0 Å². The maximum atomic E-state index is 6.03. The Morgan fingerprint density at radius 1 is 1.22 bits per heavy atom. The van der Waals surface area contributed by atoms with Gasteiger partial charge in [-0.1, -0.05) is 54.9 Å². The summed E-state index contributed by atoms with van der Waals surface area (Å²) in [7, 11) is 0. The van der Waals surface area contributed by atoms with Gasteiger partial charge >= 0.3 is 0 Å². The van der Waals surface area contributed by atoms with Gasteiger partial charge in [-0.05, 0) is 13.3 Å². The molecule has 18 heavy (non-hydrogen) atoms. The second kappa shape index (κ2) is 5.91. The summed E-state index contributed by atoms with van der Waals surface area (Å²) >= 11 is 1.65. The van der Waals surface area contributed by atoms with E-state index in [2.05, 4.69) is 24.0 Å². The second-order valence-electron chi connectivity index (χ2n) is 4.24. The van der Waals surface area contributed by atoms with E-state index in [0.29, 0.717) is 5.82 Å². The molecule has 0 bridgehead atoms. The summed E-state index contributed by atoms with van der Waals surface area (Å²) in [4.78, 5) is 0. The SMILES string of the molecule is CCCCSc1nnc(-c2ccc(C)cc2)n1N. The first kappa shape index (κ1) is 13.0. The molecule has 0 amide bonds. The van der Waals surface area contributed by atoms with Crippen molar-refractivity contribution < 1.29 is 0 Å². The number of nitrogen functional groups attached to an aromatic ring is 1. The average molecular weight is 262 g/mol. The number of nitrogens with zero attached hydrogens (tertiary/aromatic N) is 3. The fraction of sp³-hybridized carbons (Fsp3) is 0.385. The maximum Gasteiger partial charge on any atom is 0.210 e. The molecule has 2 rings (SSSR count). The van der Waals surface area contributed by atoms with Gasteiger partial charge in [0, 0.05) is 11.3 Å². The van der Waals surface area contributed by atoms with E-state index in [1.807, 2.05) is 24.3 Å². The minimum atomic E-state index is 0.717. The van der Waals surface area contributed by atoms with Gasteiger partial charge in [0.15, 0.2) is 5.82 Å². The van der Waals surface area contributed by atoms with Crippen molar-refractivity contribution in [3.05, 3.63) is 29.8 Å². The number of hydrogen-bond acceptors (Lipinski definition) is 4. The zero-order valence-corrected chi connectivity index (χ0v) is 11.6. The van der Waals surface area contributed by atoms with Gasteiger partial charge in [0.1, 0.15) is 0 Å². The van der Waals surface area contributed by atoms with E-state index in [4.69, 9.17) is 5.84 Å². The molecule has 2 N–H and O–H groups in total. The van der Waals surface area contributed by atoms with Crippen LogP contribution in [0.15, 0.2) is 29.4 Å². The Balaban J connectivity index is 2.17. The van der Waals surface area contributed by atoms with Gasteiger partial charge in [-0.25, -0.2) is 4.68 Å². The van der Waals surface area contributed by atoms with Crippen LogP contribution in [0.25, 0.3) is 11.4 Å². The topological polar surface area (TPSA) is 56.7 Å². The van der Waals surface area contributed by atoms with Crippen LogP contribution in [0, 0.1) is 6.92 Å². The van der Waals surface area contributed by atoms with Gasteiger partial charge in [0.05, 0.1) is 0 Å². The molecule has 0 saturated heterocycles. The van der Waals surface area contributed by atoms with Gasteiger partial charge in [0.2, 0.25) is 5.16 Å². The van der Waals surface area contributed by atoms with E-state index < -0.39 is 0 Å². The van der Waals surface area contributed by atoms with E-state index in [0.717, 1.165) is 22.9 Å². The molecule has 4 nitrogen and oxygen atoms in total. The van der Waals surface area contributed by atoms with Crippen molar-refractivity contribution in [2.45, 2.75) is 31.8 Å². The summed E-state index contributed by atoms with van der Waals surface area (Å²) in [6.07, 6.45) is 2.34. The molecule has 0 saturated carbocycles. The number of aromatic nitrogens is 3. The monoisotopic (exact) mass is 262 g/mol. The van der Waals surface area contributed by atoms with Crippen molar-refractivity contribution in [1.82, 2.24) is 14.9 Å². The number of aryl methyl sites for hydroxylation is 1. The lowest BCUT2D eigenvalue weighted by molar-refractivity contribution is 0.840. The standard InChI is InChI=1S/C13H18N4S/c1-3-4-9-18-13-16-15-12(17(13)14)11-7-5-10(2)6-8-11/h5-8H,3-4,9,14H2,1-2H3. The first-order valence-electron chi connectivity index (χ1n) is 6.12. The number of rotatable bonds is 5. The lowest BCUT2D eigenvalue weighted by atomic mass is 10.1. The highest BCUT2D eigenvalue weighted by Gasteiger charge is 2.11. The van der Waals surface area contributed by atoms with E-state index in [9.17, 15) is 0 Å². The summed E-state index contributed by atoms with van der Waals surface area (Å²) < 4.78 is 1.57. The Labute approximate surface area is 112 Å². The molecule has 0 spiro atoms. The molecule has 1 heterocycles. The summed E-state index contributed by atoms with van der Waals surface area (Å²) in [5.41, 5.74) is 2.22. The van der Waals surface area contributed by atoms with Gasteiger partial charge in [-0.3, -0.25) is 0 Å². The van der Waals surface area contributed by atoms with Gasteiger partial charge in [-0.15, -0.1) is 10.2 Å². The molecule has 96 valence electrons. The fourth-order valence-corrected chi connectivity index (χ4v) is 2.52. The smallest absolute Gasteiger partial charge is 0.210 e. The molecule has 5 heteroatoms. The molecule has 0 radical (unpaired) electrons. The molecule has 0 aliphatic carbocycles. The molecular formula is C13H18N4S. The van der Waals surface area contributed by atoms with Gasteiger partial charge < -0.3 is 5.84 Å². The Bertz CT molecular complexity index is 504. The third-order valence-corrected chi connectivity index (χ3v) is 3.73. The molecule has 1 aromatic carbocycles. The Hall–Kier alpha value is -1.49. The van der Waals surface area contributed by atoms with Crippen LogP contribution in [0.1, 0.15) is 25.3 Å². The zero-order chi connectivity index (χ0) is 13.0. The number of unbranched alkanes of at least 4 members (excludes halogenated alkanes) is 1. The van der Waals surface area contributed by atoms with Crippen LogP contribution in [0.4, 0.5) is 0 Å². The van der Waals surface area contributed by atoms with Crippen LogP contribution in [-0.2, 0) is 0 Å². The van der Waals surface area contributed by atoms with Crippen LogP contribution in [-0.4, -0.2) is 20.6 Å². The van der Waals surface area contributed by atoms with E-state index in [-0.39, 0.29) is 0 Å². The first-order chi connectivity index (χ1) is 8.72. The minimum Gasteiger partial charge on any atom is -0.335 e. The van der Waals surface area contributed by atoms with Crippen LogP contribution in [0.5, 0.6) is 0 Å². The molecule has 0 fully saturated rings. The van der Waals surface area contributed by atoms with Crippen LogP contribution in [0.2, 0.25) is 0 Å². The third-order valence-electron chi connectivity index (χ3n) is 2.70. The molecular weight excluding hydrogens is 244 g/mol. The molecule has 0 unspecified atom stereocenters. The Kier molecular flexibility index (Phi) is 4.25. The lowest BCUT2D eigenvalue weighted by Crippen LogP contribution is -2.11. The van der Waals surface area contributed by atoms with Crippen molar-refractivity contribution in [2.75, 3.05) is 11.6 Å². The number of nitrogens with two attached hydrogens (primary N) is 1. The second-order valence-corrected chi connectivity index (χ2v) is 5.31. The first-order valence-corrected chi connectivity index (χ1v) is 7.11. The summed E-state index contributed by atoms with van der Waals surface area (Å²) in [6.45, 7) is 4.23. The highest BCUT2D eigenvalue weighted by molar-refractivity contribution is 7.99. The largest absolute Gasteiger partial charge is 0.335 e. The molecule has 0 aliphatic heterocycles. The Morgan fingerprint density at radius 2 is 1.94 bits per heavy atom. The number of thioether (sulfide) groups is 1. The van der Waals surface area contributed by atoms with Crippen molar-refractivity contribution in [1.29, 1.82) is 0 Å². The molecule has 0 atom stereocenters. The van der Waals surface area contributed by atoms with Crippen LogP contribution in [0.3, 0.4) is 0 Å². The number of hydrogen-bond donors (Lipinski definition) is 1. The molecule has 2 aromatic rings. The van der Waals surface area contributed by atoms with E-state index >= 15 is 0 Å². The fourth-order valence-electron chi connectivity index (χ4n) is 1.58. The van der Waals surface area contributed by atoms with Gasteiger partial charge in [0.25, 0.3) is 0 Å². The predicted molar refractivity (Wildman–Crippen MR) is 76.0 cm³/mol. The molecule has 1 aromatic heterocycles. The highest BCUT2D eigenvalue weighted by Crippen LogP contribution is 2.22. The predicted octanol–water partition coefficient (Wildman–Crippen LogP) is 2.86. The number of benzene rings is 1. The normalized spacial score (nSPS) is 10.8. The van der Waals surface area contributed by atoms with Crippen molar-refractivity contribution >= 4 is 11.8 Å². The summed E-state index contributed by atoms with van der Waals surface area (Å²) in [6, 6.07) is 8.13.